The number of nitrogens with one attached hydrogen (secondary N) is 2. The van der Waals surface area contributed by atoms with Crippen molar-refractivity contribution in [2.45, 2.75) is 31.7 Å². The van der Waals surface area contributed by atoms with E-state index < -0.39 is 0 Å². The summed E-state index contributed by atoms with van der Waals surface area (Å²) < 4.78 is 5.86. The van der Waals surface area contributed by atoms with E-state index in [1.165, 1.54) is 12.4 Å². The van der Waals surface area contributed by atoms with Crippen molar-refractivity contribution >= 4 is 17.4 Å². The average molecular weight is 468 g/mol. The Kier molecular flexibility index (Phi) is 6.31. The molecule has 1 spiro atoms. The number of hydrogen-bond acceptors (Lipinski definition) is 6. The lowest BCUT2D eigenvalue weighted by molar-refractivity contribution is -0.129. The van der Waals surface area contributed by atoms with E-state index in [0.717, 1.165) is 55.8 Å². The van der Waals surface area contributed by atoms with Gasteiger partial charge in [0.2, 0.25) is 5.91 Å². The van der Waals surface area contributed by atoms with Gasteiger partial charge in [0, 0.05) is 30.9 Å². The fraction of sp³-hybridized carbons (Fsp3) is 0.286. The normalized spacial score (nSPS) is 16.9. The first-order valence-corrected chi connectivity index (χ1v) is 12.0. The first-order valence-electron chi connectivity index (χ1n) is 12.0. The van der Waals surface area contributed by atoms with Crippen molar-refractivity contribution in [3.63, 3.8) is 0 Å². The topological polar surface area (TPSA) is 91.2 Å². The van der Waals surface area contributed by atoms with Gasteiger partial charge in [0.15, 0.2) is 0 Å². The van der Waals surface area contributed by atoms with Crippen molar-refractivity contribution in [1.82, 2.24) is 14.9 Å². The van der Waals surface area contributed by atoms with E-state index in [1.807, 2.05) is 59.5 Å². The van der Waals surface area contributed by atoms with Gasteiger partial charge < -0.3 is 15.0 Å². The average Bonchev–Trinajstić information content (AvgIpc) is 2.89. The minimum atomic E-state index is 0.0256. The van der Waals surface area contributed by atoms with E-state index in [-0.39, 0.29) is 5.91 Å². The number of ether oxygens (including phenoxy) is 1. The zero-order chi connectivity index (χ0) is 24.3. The van der Waals surface area contributed by atoms with Crippen molar-refractivity contribution in [3.05, 3.63) is 90.9 Å². The molecule has 3 aromatic rings. The van der Waals surface area contributed by atoms with Crippen LogP contribution < -0.4 is 10.1 Å². The summed E-state index contributed by atoms with van der Waals surface area (Å²) in [5.74, 6) is 2.21. The Bertz CT molecular complexity index is 1210. The summed E-state index contributed by atoms with van der Waals surface area (Å²) in [5.41, 5.74) is 2.11. The summed E-state index contributed by atoms with van der Waals surface area (Å²) in [4.78, 5) is 22.4. The van der Waals surface area contributed by atoms with E-state index in [1.54, 1.807) is 6.20 Å². The van der Waals surface area contributed by atoms with Gasteiger partial charge in [-0.3, -0.25) is 10.2 Å². The highest BCUT2D eigenvalue weighted by molar-refractivity contribution is 6.13. The zero-order valence-electron chi connectivity index (χ0n) is 19.6. The van der Waals surface area contributed by atoms with Crippen molar-refractivity contribution in [3.8, 4) is 11.5 Å². The molecule has 1 saturated carbocycles. The van der Waals surface area contributed by atoms with Gasteiger partial charge in [0.05, 0.1) is 11.3 Å². The van der Waals surface area contributed by atoms with Crippen LogP contribution in [0.4, 0.5) is 5.82 Å². The Morgan fingerprint density at radius 2 is 1.77 bits per heavy atom. The summed E-state index contributed by atoms with van der Waals surface area (Å²) in [5, 5.41) is 12.3. The van der Waals surface area contributed by atoms with E-state index in [0.29, 0.717) is 28.5 Å². The lowest BCUT2D eigenvalue weighted by atomic mass is 9.60. The van der Waals surface area contributed by atoms with E-state index in [4.69, 9.17) is 10.1 Å². The first-order chi connectivity index (χ1) is 17.0. The molecule has 0 unspecified atom stereocenters. The SMILES string of the molecule is C=CC(=O)N1CCC2(CC1)CC(Nc1ncncc1C(=N)c1ccc(Oc3ccccc3)cc1)C2. The molecule has 35 heavy (non-hydrogen) atoms. The molecule has 178 valence electrons. The second-order valence-corrected chi connectivity index (χ2v) is 9.38. The molecule has 2 fully saturated rings. The number of hydrogen-bond donors (Lipinski definition) is 2. The number of rotatable bonds is 7. The molecule has 2 N–H and O–H groups in total. The smallest absolute Gasteiger partial charge is 0.245 e. The highest BCUT2D eigenvalue weighted by Crippen LogP contribution is 2.50. The number of carbonyl (C=O) groups is 1. The van der Waals surface area contributed by atoms with Crippen molar-refractivity contribution < 1.29 is 9.53 Å². The van der Waals surface area contributed by atoms with Crippen LogP contribution in [0.2, 0.25) is 0 Å². The maximum atomic E-state index is 11.9. The van der Waals surface area contributed by atoms with Gasteiger partial charge >= 0.3 is 0 Å². The van der Waals surface area contributed by atoms with Crippen LogP contribution in [-0.2, 0) is 4.79 Å². The second kappa shape index (κ2) is 9.70. The molecule has 2 aromatic carbocycles. The molecule has 7 heteroatoms. The third-order valence-electron chi connectivity index (χ3n) is 7.11. The van der Waals surface area contributed by atoms with Gasteiger partial charge in [-0.15, -0.1) is 0 Å². The third-order valence-corrected chi connectivity index (χ3v) is 7.11. The maximum Gasteiger partial charge on any atom is 0.245 e. The van der Waals surface area contributed by atoms with Crippen LogP contribution in [0.1, 0.15) is 36.8 Å². The number of likely N-dealkylation sites (tertiary alicyclic amines) is 1. The predicted molar refractivity (Wildman–Crippen MR) is 136 cm³/mol. The van der Waals surface area contributed by atoms with Crippen LogP contribution in [0.25, 0.3) is 0 Å². The Balaban J connectivity index is 1.21. The second-order valence-electron chi connectivity index (χ2n) is 9.38. The van der Waals surface area contributed by atoms with Crippen molar-refractivity contribution in [2.75, 3.05) is 18.4 Å². The Morgan fingerprint density at radius 3 is 2.46 bits per heavy atom. The first kappa shape index (κ1) is 22.8. The fourth-order valence-electron chi connectivity index (χ4n) is 5.12. The molecule has 0 bridgehead atoms. The molecule has 0 radical (unpaired) electrons. The summed E-state index contributed by atoms with van der Waals surface area (Å²) in [6.07, 6.45) is 8.75. The van der Waals surface area contributed by atoms with Crippen LogP contribution in [0, 0.1) is 10.8 Å². The number of anilines is 1. The molecule has 7 nitrogen and oxygen atoms in total. The van der Waals surface area contributed by atoms with Gasteiger partial charge in [-0.05, 0) is 73.6 Å². The van der Waals surface area contributed by atoms with Crippen LogP contribution in [0.3, 0.4) is 0 Å². The summed E-state index contributed by atoms with van der Waals surface area (Å²) in [7, 11) is 0. The number of nitrogens with zero attached hydrogens (tertiary/aromatic N) is 3. The molecule has 1 aliphatic carbocycles. The van der Waals surface area contributed by atoms with Gasteiger partial charge in [-0.2, -0.15) is 0 Å². The number of aromatic nitrogens is 2. The molecule has 2 heterocycles. The molecular formula is C28H29N5O2. The van der Waals surface area contributed by atoms with Crippen molar-refractivity contribution in [1.29, 1.82) is 5.41 Å². The number of para-hydroxylation sites is 1. The minimum Gasteiger partial charge on any atom is -0.457 e. The minimum absolute atomic E-state index is 0.0256. The highest BCUT2D eigenvalue weighted by atomic mass is 16.5. The summed E-state index contributed by atoms with van der Waals surface area (Å²) in [6, 6.07) is 17.4. The number of amides is 1. The van der Waals surface area contributed by atoms with Gasteiger partial charge in [0.25, 0.3) is 0 Å². The van der Waals surface area contributed by atoms with Crippen LogP contribution in [-0.4, -0.2) is 45.6 Å². The maximum absolute atomic E-state index is 11.9. The lowest BCUT2D eigenvalue weighted by Crippen LogP contribution is -2.52. The highest BCUT2D eigenvalue weighted by Gasteiger charge is 2.46. The standard InChI is InChI=1S/C28H29N5O2/c1-2-25(34)33-14-12-28(13-15-33)16-21(17-28)32-27-24(18-30-19-31-27)26(29)20-8-10-23(11-9-20)35-22-6-4-3-5-7-22/h2-11,18-19,21,29H,1,12-17H2,(H,30,31,32). The largest absolute Gasteiger partial charge is 0.457 e. The number of benzene rings is 2. The molecule has 5 rings (SSSR count). The third kappa shape index (κ3) is 4.94. The number of carbonyl (C=O) groups excluding carboxylic acids is 1. The Labute approximate surface area is 205 Å². The van der Waals surface area contributed by atoms with Crippen LogP contribution >= 0.6 is 0 Å². The van der Waals surface area contributed by atoms with E-state index >= 15 is 0 Å². The van der Waals surface area contributed by atoms with E-state index in [9.17, 15) is 4.79 Å². The van der Waals surface area contributed by atoms with Gasteiger partial charge in [-0.1, -0.05) is 24.8 Å². The summed E-state index contributed by atoms with van der Waals surface area (Å²) >= 11 is 0. The lowest BCUT2D eigenvalue weighted by Gasteiger charge is -2.52. The predicted octanol–water partition coefficient (Wildman–Crippen LogP) is 5.05. The van der Waals surface area contributed by atoms with Crippen molar-refractivity contribution in [2.24, 2.45) is 5.41 Å². The molecule has 0 atom stereocenters. The van der Waals surface area contributed by atoms with Gasteiger partial charge in [0.1, 0.15) is 23.6 Å². The monoisotopic (exact) mass is 467 g/mol. The number of piperidine rings is 1. The van der Waals surface area contributed by atoms with Crippen LogP contribution in [0.15, 0.2) is 79.8 Å². The van der Waals surface area contributed by atoms with Gasteiger partial charge in [-0.25, -0.2) is 9.97 Å². The fourth-order valence-corrected chi connectivity index (χ4v) is 5.12. The molecule has 1 amide bonds. The Morgan fingerprint density at radius 1 is 1.09 bits per heavy atom. The molecule has 1 saturated heterocycles. The molecule has 2 aliphatic rings. The summed E-state index contributed by atoms with van der Waals surface area (Å²) in [6.45, 7) is 5.19. The molecular weight excluding hydrogens is 438 g/mol. The zero-order valence-corrected chi connectivity index (χ0v) is 19.6. The molecule has 1 aliphatic heterocycles. The van der Waals surface area contributed by atoms with E-state index in [2.05, 4.69) is 21.9 Å². The Hall–Kier alpha value is -4.00. The quantitative estimate of drug-likeness (QED) is 0.375. The van der Waals surface area contributed by atoms with Crippen LogP contribution in [0.5, 0.6) is 11.5 Å². The molecule has 1 aromatic heterocycles.